The van der Waals surface area contributed by atoms with Gasteiger partial charge in [-0.1, -0.05) is 97.9 Å². The summed E-state index contributed by atoms with van der Waals surface area (Å²) in [6.07, 6.45) is 6.95. The topological polar surface area (TPSA) is 108 Å². The van der Waals surface area contributed by atoms with Gasteiger partial charge in [0.25, 0.3) is 11.8 Å². The highest BCUT2D eigenvalue weighted by atomic mass is 16.2. The number of piperazine rings is 1. The number of nitrogens with one attached hydrogen (secondary N) is 1. The van der Waals surface area contributed by atoms with Gasteiger partial charge < -0.3 is 0 Å². The van der Waals surface area contributed by atoms with E-state index in [2.05, 4.69) is 44.2 Å². The van der Waals surface area contributed by atoms with Crippen molar-refractivity contribution in [2.45, 2.75) is 119 Å². The second kappa shape index (κ2) is 20.6. The van der Waals surface area contributed by atoms with Crippen LogP contribution in [0, 0.1) is 0 Å². The summed E-state index contributed by atoms with van der Waals surface area (Å²) in [4.78, 5) is 56.7. The minimum absolute atomic E-state index is 0.112. The molecule has 10 nitrogen and oxygen atoms in total. The number of hydrogen-bond donors (Lipinski definition) is 1. The van der Waals surface area contributed by atoms with E-state index in [0.29, 0.717) is 29.8 Å². The number of nitrogens with zero attached hydrogens (tertiary/aromatic N) is 5. The minimum atomic E-state index is -0.948. The Morgan fingerprint density at radius 2 is 1.31 bits per heavy atom. The molecule has 1 aromatic heterocycles. The first-order valence-electron chi connectivity index (χ1n) is 19.4. The number of amides is 4. The lowest BCUT2D eigenvalue weighted by Crippen LogP contribution is -2.54. The van der Waals surface area contributed by atoms with Crippen LogP contribution in [0.2, 0.25) is 0 Å². The van der Waals surface area contributed by atoms with Gasteiger partial charge in [0.2, 0.25) is 11.8 Å². The summed E-state index contributed by atoms with van der Waals surface area (Å²) in [6.45, 7) is 20.3. The largest absolute Gasteiger partial charge is 0.298 e. The number of fused-ring (bicyclic) bond motifs is 1. The van der Waals surface area contributed by atoms with Crippen LogP contribution in [-0.4, -0.2) is 86.4 Å². The zero-order valence-electron chi connectivity index (χ0n) is 32.2. The Hall–Kier alpha value is -4.15. The van der Waals surface area contributed by atoms with Crippen LogP contribution in [0.4, 0.5) is 0 Å². The molecule has 1 unspecified atom stereocenters. The van der Waals surface area contributed by atoms with Crippen molar-refractivity contribution in [3.8, 4) is 11.3 Å². The van der Waals surface area contributed by atoms with Crippen molar-refractivity contribution in [3.05, 3.63) is 77.5 Å². The predicted octanol–water partition coefficient (Wildman–Crippen LogP) is 7.36. The molecule has 1 N–H and O–H groups in total. The molecule has 10 heteroatoms. The molecule has 1 aliphatic carbocycles. The van der Waals surface area contributed by atoms with E-state index in [1.165, 1.54) is 0 Å². The van der Waals surface area contributed by atoms with Crippen LogP contribution in [0.25, 0.3) is 11.3 Å². The van der Waals surface area contributed by atoms with E-state index in [0.717, 1.165) is 73.6 Å². The van der Waals surface area contributed by atoms with Crippen LogP contribution in [0.5, 0.6) is 0 Å². The van der Waals surface area contributed by atoms with Gasteiger partial charge in [0.05, 0.1) is 22.9 Å². The lowest BCUT2D eigenvalue weighted by atomic mass is 9.90. The number of carbonyl (C=O) groups excluding carboxylic acids is 4. The summed E-state index contributed by atoms with van der Waals surface area (Å²) in [5, 5.41) is 7.14. The van der Waals surface area contributed by atoms with E-state index >= 15 is 0 Å². The van der Waals surface area contributed by atoms with Crippen molar-refractivity contribution in [3.63, 3.8) is 0 Å². The highest BCUT2D eigenvalue weighted by molar-refractivity contribution is 6.24. The van der Waals surface area contributed by atoms with Crippen molar-refractivity contribution in [2.75, 3.05) is 26.2 Å². The monoisotopic (exact) mass is 700 g/mol. The van der Waals surface area contributed by atoms with Gasteiger partial charge in [-0.2, -0.15) is 5.10 Å². The van der Waals surface area contributed by atoms with E-state index < -0.39 is 23.8 Å². The lowest BCUT2D eigenvalue weighted by Gasteiger charge is -2.42. The zero-order valence-corrected chi connectivity index (χ0v) is 32.2. The highest BCUT2D eigenvalue weighted by Gasteiger charge is 2.45. The Kier molecular flexibility index (Phi) is 16.7. The molecular formula is C41H60N6O4. The summed E-state index contributed by atoms with van der Waals surface area (Å²) in [6, 6.07) is 17.9. The molecule has 2 saturated heterocycles. The van der Waals surface area contributed by atoms with E-state index in [1.54, 1.807) is 6.07 Å². The number of aromatic nitrogens is 2. The van der Waals surface area contributed by atoms with E-state index in [-0.39, 0.29) is 18.7 Å². The van der Waals surface area contributed by atoms with Crippen molar-refractivity contribution in [1.82, 2.24) is 29.8 Å². The van der Waals surface area contributed by atoms with E-state index in [1.807, 2.05) is 85.7 Å². The number of benzene rings is 2. The van der Waals surface area contributed by atoms with Crippen LogP contribution in [0.1, 0.15) is 126 Å². The molecule has 0 bridgehead atoms. The Morgan fingerprint density at radius 3 is 1.94 bits per heavy atom. The van der Waals surface area contributed by atoms with Gasteiger partial charge >= 0.3 is 0 Å². The van der Waals surface area contributed by atoms with E-state index in [4.69, 9.17) is 5.10 Å². The van der Waals surface area contributed by atoms with Crippen LogP contribution >= 0.6 is 0 Å². The lowest BCUT2D eigenvalue weighted by molar-refractivity contribution is -0.136. The number of rotatable bonds is 6. The maximum Gasteiger partial charge on any atom is 0.262 e. The third-order valence-corrected chi connectivity index (χ3v) is 9.59. The fraction of sp³-hybridized carbons (Fsp3) is 0.537. The third kappa shape index (κ3) is 9.60. The summed E-state index contributed by atoms with van der Waals surface area (Å²) < 4.78 is 2.15. The molecule has 51 heavy (non-hydrogen) atoms. The number of hydrogen-bond acceptors (Lipinski definition) is 7. The average Bonchev–Trinajstić information content (AvgIpc) is 3.79. The Bertz CT molecular complexity index is 1560. The fourth-order valence-electron chi connectivity index (χ4n) is 7.24. The molecule has 4 amide bonds. The predicted molar refractivity (Wildman–Crippen MR) is 204 cm³/mol. The Balaban J connectivity index is 0.000000822. The molecule has 4 aliphatic rings. The van der Waals surface area contributed by atoms with Gasteiger partial charge in [-0.05, 0) is 49.8 Å². The molecule has 1 atom stereocenters. The molecular weight excluding hydrogens is 640 g/mol. The molecule has 7 rings (SSSR count). The molecule has 4 heterocycles. The first kappa shape index (κ1) is 41.3. The second-order valence-corrected chi connectivity index (χ2v) is 12.1. The molecule has 2 aromatic carbocycles. The molecule has 3 aromatic rings. The average molecular weight is 701 g/mol. The van der Waals surface area contributed by atoms with Crippen molar-refractivity contribution < 1.29 is 19.2 Å². The maximum atomic E-state index is 13.5. The van der Waals surface area contributed by atoms with Gasteiger partial charge in [-0.3, -0.25) is 43.9 Å². The van der Waals surface area contributed by atoms with Gasteiger partial charge in [-0.15, -0.1) is 0 Å². The molecule has 3 fully saturated rings. The summed E-state index contributed by atoms with van der Waals surface area (Å²) in [7, 11) is 0. The van der Waals surface area contributed by atoms with E-state index in [9.17, 15) is 19.2 Å². The molecule has 0 spiro atoms. The number of carbonyl (C=O) groups is 4. The summed E-state index contributed by atoms with van der Waals surface area (Å²) in [5.41, 5.74) is 3.73. The first-order valence-corrected chi connectivity index (χ1v) is 19.4. The Morgan fingerprint density at radius 1 is 0.686 bits per heavy atom. The Labute approximate surface area is 305 Å². The zero-order chi connectivity index (χ0) is 37.5. The van der Waals surface area contributed by atoms with Gasteiger partial charge in [-0.25, -0.2) is 0 Å². The summed E-state index contributed by atoms with van der Waals surface area (Å²) >= 11 is 0. The SMILES string of the molecule is CC.CC.CC.CC.O=C1CCC(N2C(=O)c3cccc(CN4CCN(C5CCC(n6ccc(-c7ccccc7)n6)CC5)CC4)c3C2=O)C(=O)N1. The van der Waals surface area contributed by atoms with Crippen molar-refractivity contribution >= 4 is 23.6 Å². The van der Waals surface area contributed by atoms with Crippen molar-refractivity contribution in [2.24, 2.45) is 0 Å². The normalized spacial score (nSPS) is 21.7. The standard InChI is InChI=1S/C33H36N6O4.4C2H6/c40-29-14-13-28(31(41)34-29)39-32(42)26-8-4-7-23(30(26)33(39)43)21-36-17-19-37(20-18-36)24-9-11-25(12-10-24)38-16-15-27(35-38)22-5-2-1-3-6-22;4*1-2/h1-8,15-16,24-25,28H,9-14,17-21H2,(H,34,40,41);4*1-2H3. The van der Waals surface area contributed by atoms with Crippen LogP contribution in [-0.2, 0) is 16.1 Å². The smallest absolute Gasteiger partial charge is 0.262 e. The second-order valence-electron chi connectivity index (χ2n) is 12.1. The highest BCUT2D eigenvalue weighted by Crippen LogP contribution is 2.33. The van der Waals surface area contributed by atoms with Gasteiger partial charge in [0.1, 0.15) is 6.04 Å². The third-order valence-electron chi connectivity index (χ3n) is 9.59. The molecule has 0 radical (unpaired) electrons. The van der Waals surface area contributed by atoms with Crippen molar-refractivity contribution in [1.29, 1.82) is 0 Å². The summed E-state index contributed by atoms with van der Waals surface area (Å²) in [5.74, 6) is -1.85. The minimum Gasteiger partial charge on any atom is -0.298 e. The van der Waals surface area contributed by atoms with Crippen LogP contribution < -0.4 is 5.32 Å². The maximum absolute atomic E-state index is 13.5. The number of imide groups is 2. The quantitative estimate of drug-likeness (QED) is 0.268. The van der Waals surface area contributed by atoms with Gasteiger partial charge in [0, 0.05) is 56.9 Å². The fourth-order valence-corrected chi connectivity index (χ4v) is 7.24. The molecule has 3 aliphatic heterocycles. The van der Waals surface area contributed by atoms with Gasteiger partial charge in [0.15, 0.2) is 0 Å². The number of piperidine rings is 1. The van der Waals surface area contributed by atoms with Crippen LogP contribution in [0.15, 0.2) is 60.8 Å². The molecule has 1 saturated carbocycles. The van der Waals surface area contributed by atoms with Crippen LogP contribution in [0.3, 0.4) is 0 Å². The molecule has 278 valence electrons. The first-order chi connectivity index (χ1) is 25.0.